The molecule has 0 unspecified atom stereocenters. The van der Waals surface area contributed by atoms with Gasteiger partial charge in [-0.25, -0.2) is 13.2 Å². The molecule has 1 aliphatic heterocycles. The first kappa shape index (κ1) is 20.1. The minimum atomic E-state index is -4.08. The fourth-order valence-electron chi connectivity index (χ4n) is 3.34. The van der Waals surface area contributed by atoms with E-state index >= 15 is 0 Å². The molecule has 0 spiro atoms. The van der Waals surface area contributed by atoms with Crippen LogP contribution in [-0.4, -0.2) is 24.6 Å². The van der Waals surface area contributed by atoms with E-state index in [-0.39, 0.29) is 28.9 Å². The van der Waals surface area contributed by atoms with E-state index in [0.717, 1.165) is 9.87 Å². The van der Waals surface area contributed by atoms with Gasteiger partial charge < -0.3 is 4.52 Å². The van der Waals surface area contributed by atoms with E-state index in [1.165, 1.54) is 11.0 Å². The van der Waals surface area contributed by atoms with E-state index in [1.54, 1.807) is 37.3 Å². The van der Waals surface area contributed by atoms with Crippen LogP contribution in [-0.2, 0) is 16.6 Å². The van der Waals surface area contributed by atoms with Crippen molar-refractivity contribution in [1.82, 2.24) is 10.1 Å². The lowest BCUT2D eigenvalue weighted by Gasteiger charge is -2.36. The lowest BCUT2D eigenvalue weighted by Crippen LogP contribution is -2.51. The Balaban J connectivity index is 1.86. The van der Waals surface area contributed by atoms with Crippen LogP contribution < -0.4 is 9.21 Å². The van der Waals surface area contributed by atoms with Crippen LogP contribution in [0.25, 0.3) is 0 Å². The number of carbonyl (C=O) groups is 1. The molecule has 1 aliphatic rings. The fraction of sp³-hybridized carbons (Fsp3) is 0.286. The first-order valence-corrected chi connectivity index (χ1v) is 11.0. The summed E-state index contributed by atoms with van der Waals surface area (Å²) in [5.41, 5.74) is 2.14. The molecular weight excluding hydrogens is 404 g/mol. The molecule has 30 heavy (non-hydrogen) atoms. The van der Waals surface area contributed by atoms with Crippen molar-refractivity contribution in [1.29, 1.82) is 0 Å². The third-order valence-corrected chi connectivity index (χ3v) is 6.69. The maximum atomic E-state index is 13.5. The average Bonchev–Trinajstić information content (AvgIpc) is 3.17. The zero-order valence-corrected chi connectivity index (χ0v) is 18.0. The maximum absolute atomic E-state index is 13.5. The third-order valence-electron chi connectivity index (χ3n) is 4.96. The van der Waals surface area contributed by atoms with Crippen molar-refractivity contribution in [3.05, 3.63) is 65.3 Å². The van der Waals surface area contributed by atoms with Gasteiger partial charge in [0.2, 0.25) is 5.89 Å². The van der Waals surface area contributed by atoms with Gasteiger partial charge in [-0.05, 0) is 43.2 Å². The molecule has 156 valence electrons. The zero-order chi connectivity index (χ0) is 21.6. The molecule has 3 aromatic rings. The number of benzene rings is 2. The zero-order valence-electron chi connectivity index (χ0n) is 17.2. The maximum Gasteiger partial charge on any atom is 0.343 e. The molecule has 0 bridgehead atoms. The summed E-state index contributed by atoms with van der Waals surface area (Å²) >= 11 is 0. The molecule has 0 atom stereocenters. The van der Waals surface area contributed by atoms with Crippen LogP contribution in [0.4, 0.5) is 16.2 Å². The number of nitrogens with zero attached hydrogens (tertiary/aromatic N) is 4. The van der Waals surface area contributed by atoms with Crippen LogP contribution in [0.3, 0.4) is 0 Å². The van der Waals surface area contributed by atoms with E-state index in [0.29, 0.717) is 17.1 Å². The second-order valence-electron chi connectivity index (χ2n) is 7.60. The Hall–Kier alpha value is -3.20. The van der Waals surface area contributed by atoms with Crippen LogP contribution in [0.5, 0.6) is 0 Å². The summed E-state index contributed by atoms with van der Waals surface area (Å²) in [7, 11) is -4.08. The number of anilines is 2. The summed E-state index contributed by atoms with van der Waals surface area (Å²) in [6.45, 7) is 7.46. The van der Waals surface area contributed by atoms with Crippen molar-refractivity contribution < 1.29 is 17.7 Å². The van der Waals surface area contributed by atoms with Crippen LogP contribution in [0, 0.1) is 13.8 Å². The number of para-hydroxylation sites is 1. The molecule has 1 aromatic heterocycles. The van der Waals surface area contributed by atoms with Gasteiger partial charge >= 0.3 is 6.03 Å². The van der Waals surface area contributed by atoms with Gasteiger partial charge in [0, 0.05) is 5.92 Å². The Bertz CT molecular complexity index is 1230. The number of hydrogen-bond acceptors (Lipinski definition) is 6. The second-order valence-corrected chi connectivity index (χ2v) is 9.35. The number of fused-ring (bicyclic) bond motifs is 1. The number of amides is 2. The van der Waals surface area contributed by atoms with Crippen LogP contribution in [0.15, 0.2) is 51.9 Å². The molecule has 4 rings (SSSR count). The Morgan fingerprint density at radius 1 is 1.07 bits per heavy atom. The minimum Gasteiger partial charge on any atom is -0.337 e. The molecule has 0 saturated carbocycles. The highest BCUT2D eigenvalue weighted by atomic mass is 32.2. The molecule has 0 saturated heterocycles. The molecule has 2 amide bonds. The number of sulfonamides is 1. The number of rotatable bonds is 4. The molecule has 0 fully saturated rings. The van der Waals surface area contributed by atoms with E-state index in [9.17, 15) is 13.2 Å². The molecule has 0 aliphatic carbocycles. The minimum absolute atomic E-state index is 0.0353. The van der Waals surface area contributed by atoms with Crippen LogP contribution >= 0.6 is 0 Å². The molecule has 9 heteroatoms. The van der Waals surface area contributed by atoms with Crippen molar-refractivity contribution in [3.63, 3.8) is 0 Å². The van der Waals surface area contributed by atoms with Crippen molar-refractivity contribution in [2.75, 3.05) is 9.21 Å². The lowest BCUT2D eigenvalue weighted by atomic mass is 10.1. The topological polar surface area (TPSA) is 96.6 Å². The number of aromatic nitrogens is 2. The highest BCUT2D eigenvalue weighted by Gasteiger charge is 2.43. The summed E-state index contributed by atoms with van der Waals surface area (Å²) < 4.78 is 33.0. The molecule has 2 heterocycles. The smallest absolute Gasteiger partial charge is 0.337 e. The molecule has 8 nitrogen and oxygen atoms in total. The van der Waals surface area contributed by atoms with Gasteiger partial charge in [-0.1, -0.05) is 43.3 Å². The monoisotopic (exact) mass is 426 g/mol. The Kier molecular flexibility index (Phi) is 4.85. The summed E-state index contributed by atoms with van der Waals surface area (Å²) in [6.07, 6.45) is 0. The first-order chi connectivity index (χ1) is 14.2. The quantitative estimate of drug-likeness (QED) is 0.622. The SMILES string of the molecule is Cc1ccc(C)c(N2C(=O)N(Cc3nc(C(C)C)no3)c3ccccc3S2(=O)=O)c1. The van der Waals surface area contributed by atoms with Crippen molar-refractivity contribution in [2.24, 2.45) is 0 Å². The van der Waals surface area contributed by atoms with Crippen molar-refractivity contribution in [2.45, 2.75) is 45.1 Å². The normalized spacial score (nSPS) is 15.6. The van der Waals surface area contributed by atoms with Gasteiger partial charge in [0.15, 0.2) is 5.82 Å². The van der Waals surface area contributed by atoms with Gasteiger partial charge in [0.05, 0.1) is 11.4 Å². The predicted molar refractivity (Wildman–Crippen MR) is 112 cm³/mol. The Morgan fingerprint density at radius 3 is 2.50 bits per heavy atom. The summed E-state index contributed by atoms with van der Waals surface area (Å²) in [5.74, 6) is 0.836. The van der Waals surface area contributed by atoms with Gasteiger partial charge in [-0.3, -0.25) is 4.90 Å². The standard InChI is InChI=1S/C21H22N4O4S/c1-13(2)20-22-19(29-23-20)12-24-16-7-5-6-8-18(16)30(27,28)25(21(24)26)17-11-14(3)9-10-15(17)4/h5-11,13H,12H2,1-4H3. The van der Waals surface area contributed by atoms with Crippen molar-refractivity contribution >= 4 is 27.4 Å². The van der Waals surface area contributed by atoms with Crippen LogP contribution in [0.2, 0.25) is 0 Å². The number of urea groups is 1. The predicted octanol–water partition coefficient (Wildman–Crippen LogP) is 4.15. The Morgan fingerprint density at radius 2 is 1.80 bits per heavy atom. The van der Waals surface area contributed by atoms with Gasteiger partial charge in [0.25, 0.3) is 10.0 Å². The molecule has 2 aromatic carbocycles. The third kappa shape index (κ3) is 3.24. The largest absolute Gasteiger partial charge is 0.343 e. The average molecular weight is 426 g/mol. The second kappa shape index (κ2) is 7.24. The molecular formula is C21H22N4O4S. The molecule has 0 radical (unpaired) electrons. The number of carbonyl (C=O) groups excluding carboxylic acids is 1. The van der Waals surface area contributed by atoms with Crippen molar-refractivity contribution in [3.8, 4) is 0 Å². The van der Waals surface area contributed by atoms with Gasteiger partial charge in [-0.15, -0.1) is 0 Å². The Labute approximate surface area is 175 Å². The van der Waals surface area contributed by atoms with Gasteiger partial charge in [-0.2, -0.15) is 9.29 Å². The van der Waals surface area contributed by atoms with E-state index in [2.05, 4.69) is 10.1 Å². The highest BCUT2D eigenvalue weighted by Crippen LogP contribution is 2.39. The van der Waals surface area contributed by atoms with E-state index in [4.69, 9.17) is 4.52 Å². The lowest BCUT2D eigenvalue weighted by molar-refractivity contribution is 0.252. The highest BCUT2D eigenvalue weighted by molar-refractivity contribution is 7.94. The van der Waals surface area contributed by atoms with E-state index in [1.807, 2.05) is 26.8 Å². The molecule has 0 N–H and O–H groups in total. The summed E-state index contributed by atoms with van der Waals surface area (Å²) in [4.78, 5) is 19.2. The summed E-state index contributed by atoms with van der Waals surface area (Å²) in [5, 5.41) is 3.94. The van der Waals surface area contributed by atoms with Crippen LogP contribution in [0.1, 0.15) is 42.6 Å². The van der Waals surface area contributed by atoms with E-state index < -0.39 is 16.1 Å². The first-order valence-electron chi connectivity index (χ1n) is 9.55. The fourth-order valence-corrected chi connectivity index (χ4v) is 4.99. The number of hydrogen-bond donors (Lipinski definition) is 0. The number of aryl methyl sites for hydroxylation is 2. The summed E-state index contributed by atoms with van der Waals surface area (Å²) in [6, 6.07) is 11.1. The van der Waals surface area contributed by atoms with Gasteiger partial charge in [0.1, 0.15) is 11.4 Å².